The highest BCUT2D eigenvalue weighted by molar-refractivity contribution is 7.82. The summed E-state index contributed by atoms with van der Waals surface area (Å²) < 4.78 is 47.0. The van der Waals surface area contributed by atoms with E-state index in [9.17, 15) is 18.6 Å². The molecule has 9 nitrogen and oxygen atoms in total. The number of hydrogen-bond acceptors (Lipinski definition) is 9. The molecule has 2 aliphatic rings. The smallest absolute Gasteiger partial charge is 0.418 e. The number of piperidine rings is 1. The van der Waals surface area contributed by atoms with E-state index in [2.05, 4.69) is 0 Å². The number of phenolic OH excluding ortho intramolecular Hbond substituents is 2. The van der Waals surface area contributed by atoms with Crippen LogP contribution >= 0.6 is 0 Å². The molecule has 168 valence electrons. The number of rotatable bonds is 4. The Kier molecular flexibility index (Phi) is 5.29. The predicted molar refractivity (Wildman–Crippen MR) is 110 cm³/mol. The molecule has 2 heterocycles. The maximum absolute atomic E-state index is 12.1. The molecule has 2 N–H and O–H groups in total. The predicted octanol–water partition coefficient (Wildman–Crippen LogP) is 3.11. The molecule has 31 heavy (non-hydrogen) atoms. The van der Waals surface area contributed by atoms with Crippen molar-refractivity contribution in [1.82, 2.24) is 5.06 Å². The number of phenols is 2. The van der Waals surface area contributed by atoms with E-state index in [1.54, 1.807) is 39.8 Å². The first-order chi connectivity index (χ1) is 14.5. The van der Waals surface area contributed by atoms with E-state index in [4.69, 9.17) is 17.9 Å². The van der Waals surface area contributed by atoms with Crippen LogP contribution in [0.2, 0.25) is 0 Å². The summed E-state index contributed by atoms with van der Waals surface area (Å²) in [4.78, 5) is 0. The second kappa shape index (κ2) is 7.56. The molecule has 1 atom stereocenters. The molecule has 2 saturated heterocycles. The van der Waals surface area contributed by atoms with Crippen molar-refractivity contribution in [1.29, 1.82) is 0 Å². The molecule has 2 aromatic rings. The number of nitrogens with zero attached hydrogens (tertiary/aromatic N) is 1. The topological polar surface area (TPSA) is 115 Å². The summed E-state index contributed by atoms with van der Waals surface area (Å²) in [6.07, 6.45) is -0.360. The van der Waals surface area contributed by atoms with Crippen LogP contribution in [0.3, 0.4) is 0 Å². The normalized spacial score (nSPS) is 22.1. The van der Waals surface area contributed by atoms with E-state index >= 15 is 0 Å². The minimum absolute atomic E-state index is 0.123. The molecule has 2 fully saturated rings. The van der Waals surface area contributed by atoms with Gasteiger partial charge in [-0.05, 0) is 80.6 Å². The largest absolute Gasteiger partial charge is 0.508 e. The van der Waals surface area contributed by atoms with Gasteiger partial charge in [0.1, 0.15) is 23.0 Å². The molecular weight excluding hydrogens is 426 g/mol. The molecule has 0 saturated carbocycles. The monoisotopic (exact) mass is 451 g/mol. The Morgan fingerprint density at radius 1 is 0.935 bits per heavy atom. The van der Waals surface area contributed by atoms with Gasteiger partial charge in [-0.3, -0.25) is 0 Å². The number of fused-ring (bicyclic) bond motifs is 1. The van der Waals surface area contributed by atoms with Crippen molar-refractivity contribution >= 4 is 10.4 Å². The quantitative estimate of drug-likeness (QED) is 0.677. The van der Waals surface area contributed by atoms with Gasteiger partial charge < -0.3 is 19.7 Å². The highest BCUT2D eigenvalue weighted by Gasteiger charge is 2.58. The first-order valence-corrected chi connectivity index (χ1v) is 11.2. The van der Waals surface area contributed by atoms with Crippen LogP contribution in [0.15, 0.2) is 24.3 Å². The van der Waals surface area contributed by atoms with Crippen molar-refractivity contribution in [3.8, 4) is 23.0 Å². The van der Waals surface area contributed by atoms with Gasteiger partial charge in [-0.15, -0.1) is 5.06 Å². The Labute approximate surface area is 181 Å². The summed E-state index contributed by atoms with van der Waals surface area (Å²) >= 11 is 0. The molecule has 0 spiro atoms. The van der Waals surface area contributed by atoms with Crippen LogP contribution in [0.1, 0.15) is 35.1 Å². The molecule has 4 rings (SSSR count). The van der Waals surface area contributed by atoms with Crippen molar-refractivity contribution in [2.24, 2.45) is 0 Å². The van der Waals surface area contributed by atoms with Gasteiger partial charge in [0, 0.05) is 13.0 Å². The van der Waals surface area contributed by atoms with Crippen LogP contribution in [-0.4, -0.2) is 42.3 Å². The van der Waals surface area contributed by atoms with Crippen molar-refractivity contribution in [3.05, 3.63) is 46.5 Å². The Hall–Kier alpha value is -2.53. The van der Waals surface area contributed by atoms with Crippen LogP contribution in [0.25, 0.3) is 0 Å². The lowest BCUT2D eigenvalue weighted by molar-refractivity contribution is -0.271. The summed E-state index contributed by atoms with van der Waals surface area (Å²) in [6, 6.07) is 6.21. The third-order valence-corrected chi connectivity index (χ3v) is 6.71. The lowest BCUT2D eigenvalue weighted by atomic mass is 10.0. The van der Waals surface area contributed by atoms with Gasteiger partial charge in [-0.1, -0.05) is 0 Å². The van der Waals surface area contributed by atoms with Gasteiger partial charge in [0.05, 0.1) is 0 Å². The Bertz CT molecular complexity index is 1070. The first kappa shape index (κ1) is 21.7. The number of ether oxygens (including phenoxy) is 2. The Morgan fingerprint density at radius 3 is 1.97 bits per heavy atom. The highest BCUT2D eigenvalue weighted by Crippen LogP contribution is 2.43. The van der Waals surface area contributed by atoms with E-state index in [1.165, 1.54) is 17.2 Å². The second-order valence-electron chi connectivity index (χ2n) is 7.86. The number of hydrogen-bond donors (Lipinski definition) is 2. The number of benzene rings is 2. The molecule has 0 bridgehead atoms. The molecule has 0 radical (unpaired) electrons. The fourth-order valence-electron chi connectivity index (χ4n) is 3.77. The molecule has 2 aromatic carbocycles. The average Bonchev–Trinajstić information content (AvgIpc) is 3.04. The summed E-state index contributed by atoms with van der Waals surface area (Å²) in [5, 5.41) is 21.2. The molecule has 0 amide bonds. The SMILES string of the molecule is Cc1c(O)ccc(OC2(Oc3ccc(O)c(C)c3C)CCCN3OS(=O)(=O)OC32)c1C. The minimum atomic E-state index is -4.25. The van der Waals surface area contributed by atoms with Gasteiger partial charge in [0.25, 0.3) is 5.79 Å². The van der Waals surface area contributed by atoms with E-state index in [0.717, 1.165) is 0 Å². The lowest BCUT2D eigenvalue weighted by Gasteiger charge is -2.43. The third-order valence-electron chi connectivity index (χ3n) is 5.92. The van der Waals surface area contributed by atoms with Crippen LogP contribution in [-0.2, 0) is 18.9 Å². The van der Waals surface area contributed by atoms with Gasteiger partial charge in [0.15, 0.2) is 0 Å². The van der Waals surface area contributed by atoms with Crippen LogP contribution in [0, 0.1) is 27.7 Å². The van der Waals surface area contributed by atoms with Crippen LogP contribution in [0.5, 0.6) is 23.0 Å². The second-order valence-corrected chi connectivity index (χ2v) is 9.02. The number of hydroxylamine groups is 2. The molecule has 2 aliphatic heterocycles. The lowest BCUT2D eigenvalue weighted by Crippen LogP contribution is -2.61. The van der Waals surface area contributed by atoms with E-state index in [1.807, 2.05) is 0 Å². The summed E-state index contributed by atoms with van der Waals surface area (Å²) in [5.74, 6) is -0.489. The zero-order valence-corrected chi connectivity index (χ0v) is 18.5. The van der Waals surface area contributed by atoms with Crippen LogP contribution in [0.4, 0.5) is 0 Å². The summed E-state index contributed by atoms with van der Waals surface area (Å²) in [5.41, 5.74) is 2.63. The third kappa shape index (κ3) is 3.80. The Balaban J connectivity index is 1.81. The van der Waals surface area contributed by atoms with E-state index < -0.39 is 22.4 Å². The first-order valence-electron chi connectivity index (χ1n) is 9.89. The fourth-order valence-corrected chi connectivity index (χ4v) is 4.65. The molecule has 0 aromatic heterocycles. The Morgan fingerprint density at radius 2 is 1.45 bits per heavy atom. The minimum Gasteiger partial charge on any atom is -0.508 e. The van der Waals surface area contributed by atoms with E-state index in [-0.39, 0.29) is 11.5 Å². The number of aromatic hydroxyl groups is 2. The molecular formula is C21H25NO8S. The zero-order valence-electron chi connectivity index (χ0n) is 17.7. The van der Waals surface area contributed by atoms with Crippen molar-refractivity contribution in [3.63, 3.8) is 0 Å². The van der Waals surface area contributed by atoms with Gasteiger partial charge in [-0.25, -0.2) is 4.18 Å². The van der Waals surface area contributed by atoms with Crippen molar-refractivity contribution in [2.75, 3.05) is 6.54 Å². The van der Waals surface area contributed by atoms with Gasteiger partial charge >= 0.3 is 10.4 Å². The van der Waals surface area contributed by atoms with Crippen molar-refractivity contribution in [2.45, 2.75) is 52.6 Å². The summed E-state index contributed by atoms with van der Waals surface area (Å²) in [6.45, 7) is 7.41. The summed E-state index contributed by atoms with van der Waals surface area (Å²) in [7, 11) is -4.25. The van der Waals surface area contributed by atoms with Gasteiger partial charge in [-0.2, -0.15) is 12.7 Å². The molecule has 1 unspecified atom stereocenters. The standard InChI is InChI=1S/C21H25NO8S/c1-12-14(3)18(8-6-16(12)23)27-21(28-19-9-7-17(24)13(2)15(19)4)10-5-11-22-20(21)29-31(25,26)30-22/h6-9,20,23-24H,5,10-11H2,1-4H3. The molecule has 0 aliphatic carbocycles. The average molecular weight is 451 g/mol. The maximum Gasteiger partial charge on any atom is 0.418 e. The zero-order chi connectivity index (χ0) is 22.6. The highest BCUT2D eigenvalue weighted by atomic mass is 32.3. The maximum atomic E-state index is 12.1. The van der Waals surface area contributed by atoms with E-state index in [0.29, 0.717) is 53.1 Å². The fraction of sp³-hybridized carbons (Fsp3) is 0.429. The van der Waals surface area contributed by atoms with Crippen LogP contribution < -0.4 is 9.47 Å². The van der Waals surface area contributed by atoms with Crippen molar-refractivity contribution < 1.29 is 36.6 Å². The van der Waals surface area contributed by atoms with Gasteiger partial charge in [0.2, 0.25) is 6.23 Å². The molecule has 10 heteroatoms.